The summed E-state index contributed by atoms with van der Waals surface area (Å²) in [5, 5.41) is 15.2. The second kappa shape index (κ2) is 4.91. The van der Waals surface area contributed by atoms with Crippen LogP contribution in [0.3, 0.4) is 0 Å². The minimum absolute atomic E-state index is 0.0367. The Bertz CT molecular complexity index is 186. The van der Waals surface area contributed by atoms with E-state index in [2.05, 4.69) is 8.93 Å². The predicted molar refractivity (Wildman–Crippen MR) is 55.3 cm³/mol. The maximum absolute atomic E-state index is 7.36. The molecule has 0 aromatic carbocycles. The fourth-order valence-corrected chi connectivity index (χ4v) is 2.00. The smallest absolute Gasteiger partial charge is 0.117 e. The molecular formula is C4H10N3P3. The van der Waals surface area contributed by atoms with Gasteiger partial charge in [0.2, 0.25) is 0 Å². The monoisotopic (exact) mass is 193 g/mol. The molecule has 0 fully saturated rings. The van der Waals surface area contributed by atoms with Crippen LogP contribution in [0.1, 0.15) is 6.92 Å². The number of hydrogen-bond acceptors (Lipinski definition) is 2. The highest BCUT2D eigenvalue weighted by Gasteiger charge is 1.99. The van der Waals surface area contributed by atoms with Gasteiger partial charge in [0.1, 0.15) is 5.58 Å². The first-order valence-corrected chi connectivity index (χ1v) is 6.03. The molecule has 0 saturated carbocycles. The number of hydrogen-bond donors (Lipinski definition) is 3. The summed E-state index contributed by atoms with van der Waals surface area (Å²) in [4.78, 5) is 0. The van der Waals surface area contributed by atoms with E-state index in [0.717, 1.165) is 13.2 Å². The molecule has 0 bridgehead atoms. The Morgan fingerprint density at radius 1 is 1.60 bits per heavy atom. The zero-order valence-electron chi connectivity index (χ0n) is 5.60. The molecule has 2 atom stereocenters. The van der Waals surface area contributed by atoms with Gasteiger partial charge in [0.05, 0.1) is 5.45 Å². The van der Waals surface area contributed by atoms with E-state index in [-0.39, 0.29) is 14.2 Å². The van der Waals surface area contributed by atoms with Crippen LogP contribution in [0, 0.1) is 10.8 Å². The van der Waals surface area contributed by atoms with E-state index in [0.29, 0.717) is 5.45 Å². The van der Waals surface area contributed by atoms with Crippen molar-refractivity contribution in [1.29, 1.82) is 10.8 Å². The lowest BCUT2D eigenvalue weighted by Crippen LogP contribution is -2.09. The first-order valence-electron chi connectivity index (χ1n) is 2.52. The molecule has 4 N–H and O–H groups in total. The number of amidine groups is 1. The second-order valence-electron chi connectivity index (χ2n) is 1.63. The Morgan fingerprint density at radius 2 is 2.10 bits per heavy atom. The quantitative estimate of drug-likeness (QED) is 0.354. The number of nitrogens with two attached hydrogens (primary N) is 1. The fraction of sp³-hybridized carbons (Fsp3) is 0.250. The molecule has 2 unspecified atom stereocenters. The minimum Gasteiger partial charge on any atom is -0.384 e. The molecule has 6 heteroatoms. The Morgan fingerprint density at radius 3 is 2.40 bits per heavy atom. The van der Waals surface area contributed by atoms with Crippen LogP contribution in [0.4, 0.5) is 0 Å². The Kier molecular flexibility index (Phi) is 4.99. The van der Waals surface area contributed by atoms with Crippen molar-refractivity contribution in [3.8, 4) is 0 Å². The van der Waals surface area contributed by atoms with Crippen LogP contribution in [-0.4, -0.2) is 16.3 Å². The molecule has 0 saturated heterocycles. The van der Waals surface area contributed by atoms with Crippen molar-refractivity contribution in [3.63, 3.8) is 0 Å². The highest BCUT2D eigenvalue weighted by atomic mass is 32.0. The van der Waals surface area contributed by atoms with Gasteiger partial charge in [-0.25, -0.2) is 0 Å². The topological polar surface area (TPSA) is 73.7 Å². The zero-order chi connectivity index (χ0) is 8.15. The fourth-order valence-electron chi connectivity index (χ4n) is 0.290. The normalized spacial score (nSPS) is 12.4. The summed E-state index contributed by atoms with van der Waals surface area (Å²) in [5.41, 5.74) is 5.68. The van der Waals surface area contributed by atoms with Crippen LogP contribution >= 0.6 is 25.4 Å². The van der Waals surface area contributed by atoms with E-state index >= 15 is 0 Å². The summed E-state index contributed by atoms with van der Waals surface area (Å²) < 4.78 is 0. The van der Waals surface area contributed by atoms with Gasteiger partial charge in [0.25, 0.3) is 0 Å². The Hall–Kier alpha value is 0.170. The van der Waals surface area contributed by atoms with Gasteiger partial charge < -0.3 is 5.73 Å². The first kappa shape index (κ1) is 10.2. The van der Waals surface area contributed by atoms with Crippen LogP contribution in [0.5, 0.6) is 0 Å². The van der Waals surface area contributed by atoms with E-state index in [1.54, 1.807) is 0 Å². The van der Waals surface area contributed by atoms with Gasteiger partial charge in [-0.05, 0) is 15.5 Å². The lowest BCUT2D eigenvalue weighted by atomic mass is 10.5. The predicted octanol–water partition coefficient (Wildman–Crippen LogP) is 1.46. The van der Waals surface area contributed by atoms with Crippen molar-refractivity contribution < 1.29 is 0 Å². The molecular weight excluding hydrogens is 183 g/mol. The van der Waals surface area contributed by atoms with E-state index in [4.69, 9.17) is 16.6 Å². The van der Waals surface area contributed by atoms with Crippen molar-refractivity contribution in [2.24, 2.45) is 5.73 Å². The highest BCUT2D eigenvalue weighted by Crippen LogP contribution is 2.18. The summed E-state index contributed by atoms with van der Waals surface area (Å²) in [6, 6.07) is 0. The van der Waals surface area contributed by atoms with Gasteiger partial charge in [0, 0.05) is 5.29 Å². The summed E-state index contributed by atoms with van der Waals surface area (Å²) in [5.74, 6) is 0. The van der Waals surface area contributed by atoms with E-state index in [1.807, 2.05) is 6.92 Å². The lowest BCUT2D eigenvalue weighted by Gasteiger charge is -1.99. The first-order chi connectivity index (χ1) is 4.57. The summed E-state index contributed by atoms with van der Waals surface area (Å²) in [6.07, 6.45) is 0. The summed E-state index contributed by atoms with van der Waals surface area (Å²) in [7, 11) is 3.55. The molecule has 0 aromatic rings. The molecule has 0 spiro atoms. The molecule has 0 aromatic heterocycles. The molecule has 3 nitrogen and oxygen atoms in total. The minimum atomic E-state index is 0.0367. The molecule has 0 aliphatic rings. The van der Waals surface area contributed by atoms with Crippen molar-refractivity contribution in [2.75, 3.05) is 0 Å². The standard InChI is InChI=1S/C4H10N3P3/c1-2(10-8)3(5)9-4(6)7/h5,9H,8H2,1H3,(H3,6,7). The van der Waals surface area contributed by atoms with Gasteiger partial charge in [-0.15, -0.1) is 0 Å². The lowest BCUT2D eigenvalue weighted by molar-refractivity contribution is 1.50. The van der Waals surface area contributed by atoms with Crippen LogP contribution in [-0.2, 0) is 0 Å². The van der Waals surface area contributed by atoms with Gasteiger partial charge in [-0.3, -0.25) is 10.8 Å². The third kappa shape index (κ3) is 4.06. The van der Waals surface area contributed by atoms with E-state index < -0.39 is 0 Å². The number of rotatable bonds is 3. The molecule has 0 rings (SSSR count). The van der Waals surface area contributed by atoms with Crippen molar-refractivity contribution >= 4 is 41.7 Å². The SMILES string of the molecule is CC(=PP)C(=N)PC(=N)N. The van der Waals surface area contributed by atoms with Gasteiger partial charge >= 0.3 is 0 Å². The van der Waals surface area contributed by atoms with Crippen molar-refractivity contribution in [1.82, 2.24) is 0 Å². The molecule has 10 heavy (non-hydrogen) atoms. The molecule has 0 radical (unpaired) electrons. The maximum atomic E-state index is 7.36. The van der Waals surface area contributed by atoms with Crippen LogP contribution in [0.15, 0.2) is 0 Å². The molecule has 0 amide bonds. The van der Waals surface area contributed by atoms with Gasteiger partial charge in [0.15, 0.2) is 0 Å². The molecule has 0 aliphatic heterocycles. The third-order valence-corrected chi connectivity index (χ3v) is 3.69. The maximum Gasteiger partial charge on any atom is 0.117 e. The van der Waals surface area contributed by atoms with Crippen molar-refractivity contribution in [3.05, 3.63) is 0 Å². The highest BCUT2D eigenvalue weighted by molar-refractivity contribution is 8.04. The van der Waals surface area contributed by atoms with E-state index in [9.17, 15) is 0 Å². The average molecular weight is 193 g/mol. The molecule has 56 valence electrons. The van der Waals surface area contributed by atoms with Gasteiger partial charge in [-0.2, -0.15) is 0 Å². The van der Waals surface area contributed by atoms with E-state index in [1.165, 1.54) is 0 Å². The second-order valence-corrected chi connectivity index (χ2v) is 4.62. The zero-order valence-corrected chi connectivity index (χ0v) is 8.65. The average Bonchev–Trinajstić information content (AvgIpc) is 1.85. The number of nitrogens with one attached hydrogen (secondary N) is 2. The largest absolute Gasteiger partial charge is 0.384 e. The Balaban J connectivity index is 3.99. The molecule has 0 aliphatic carbocycles. The van der Waals surface area contributed by atoms with Crippen molar-refractivity contribution in [2.45, 2.75) is 6.92 Å². The van der Waals surface area contributed by atoms with Crippen LogP contribution in [0.25, 0.3) is 0 Å². The van der Waals surface area contributed by atoms with Crippen LogP contribution < -0.4 is 5.73 Å². The summed E-state index contributed by atoms with van der Waals surface area (Å²) in [6.45, 7) is 1.87. The summed E-state index contributed by atoms with van der Waals surface area (Å²) >= 11 is 0. The third-order valence-electron chi connectivity index (χ3n) is 0.815. The van der Waals surface area contributed by atoms with Gasteiger partial charge in [-0.1, -0.05) is 16.8 Å². The van der Waals surface area contributed by atoms with Crippen LogP contribution in [0.2, 0.25) is 0 Å². The molecule has 0 heterocycles. The Labute approximate surface area is 65.9 Å².